The van der Waals surface area contributed by atoms with E-state index in [1.54, 1.807) is 23.0 Å². The van der Waals surface area contributed by atoms with Crippen molar-refractivity contribution < 1.29 is 9.59 Å². The minimum absolute atomic E-state index is 0.0406. The Morgan fingerprint density at radius 1 is 1.33 bits per heavy atom. The molecule has 0 saturated carbocycles. The summed E-state index contributed by atoms with van der Waals surface area (Å²) in [6, 6.07) is 7.80. The third kappa shape index (κ3) is 4.48. The highest BCUT2D eigenvalue weighted by Gasteiger charge is 2.13. The molecular weight excluding hydrogens is 344 g/mol. The summed E-state index contributed by atoms with van der Waals surface area (Å²) in [6.45, 7) is 4.06. The van der Waals surface area contributed by atoms with Crippen LogP contribution in [0.15, 0.2) is 42.9 Å². The van der Waals surface area contributed by atoms with Crippen LogP contribution in [0.1, 0.15) is 30.5 Å². The fraction of sp³-hybridized carbons (Fsp3) is 0.263. The van der Waals surface area contributed by atoms with Gasteiger partial charge in [0.2, 0.25) is 12.3 Å². The van der Waals surface area contributed by atoms with Crippen molar-refractivity contribution in [1.82, 2.24) is 19.9 Å². The lowest BCUT2D eigenvalue weighted by molar-refractivity contribution is -0.115. The normalized spacial score (nSPS) is 11.9. The van der Waals surface area contributed by atoms with E-state index in [9.17, 15) is 9.59 Å². The number of aryl methyl sites for hydroxylation is 1. The van der Waals surface area contributed by atoms with Gasteiger partial charge in [0.1, 0.15) is 0 Å². The maximum absolute atomic E-state index is 12.4. The van der Waals surface area contributed by atoms with E-state index in [1.807, 2.05) is 25.3 Å². The van der Waals surface area contributed by atoms with Crippen LogP contribution in [-0.2, 0) is 9.59 Å². The lowest BCUT2D eigenvalue weighted by Gasteiger charge is -2.18. The molecule has 8 nitrogen and oxygen atoms in total. The van der Waals surface area contributed by atoms with Crippen LogP contribution in [0.2, 0.25) is 0 Å². The second kappa shape index (κ2) is 8.41. The number of rotatable bonds is 8. The number of aromatic nitrogens is 3. The van der Waals surface area contributed by atoms with Gasteiger partial charge in [-0.2, -0.15) is 5.10 Å². The second-order valence-corrected chi connectivity index (χ2v) is 6.22. The number of carbonyl (C=O) groups excluding carboxylic acids is 2. The summed E-state index contributed by atoms with van der Waals surface area (Å²) in [5.74, 6) is 0.113. The van der Waals surface area contributed by atoms with Crippen LogP contribution in [-0.4, -0.2) is 33.5 Å². The van der Waals surface area contributed by atoms with Crippen LogP contribution in [0.3, 0.4) is 0 Å². The summed E-state index contributed by atoms with van der Waals surface area (Å²) in [5, 5.41) is 12.8. The highest BCUT2D eigenvalue weighted by Crippen LogP contribution is 2.20. The molecule has 3 N–H and O–H groups in total. The van der Waals surface area contributed by atoms with Crippen LogP contribution in [0.5, 0.6) is 0 Å². The average Bonchev–Trinajstić information content (AvgIpc) is 3.12. The van der Waals surface area contributed by atoms with Crippen LogP contribution < -0.4 is 16.0 Å². The highest BCUT2D eigenvalue weighted by molar-refractivity contribution is 5.96. The summed E-state index contributed by atoms with van der Waals surface area (Å²) >= 11 is 0. The first-order chi connectivity index (χ1) is 13.1. The molecule has 0 radical (unpaired) electrons. The van der Waals surface area contributed by atoms with Gasteiger partial charge in [-0.25, -0.2) is 9.50 Å². The zero-order valence-electron chi connectivity index (χ0n) is 15.3. The van der Waals surface area contributed by atoms with E-state index in [1.165, 1.54) is 0 Å². The second-order valence-electron chi connectivity index (χ2n) is 6.22. The van der Waals surface area contributed by atoms with E-state index in [2.05, 4.69) is 39.0 Å². The van der Waals surface area contributed by atoms with Crippen molar-refractivity contribution in [3.63, 3.8) is 0 Å². The largest absolute Gasteiger partial charge is 0.322 e. The number of nitrogens with one attached hydrogen (secondary N) is 3. The quantitative estimate of drug-likeness (QED) is 0.531. The standard InChI is InChI=1S/C19H22N6O2/c1-3-16(14-5-7-25-15(9-14)4-6-23-25)20-11-18(27)24-17-8-13(2)10-21-19(17)22-12-26/h4-10,12,16,20H,3,11H2,1-2H3,(H,24,27)(H,21,22,26). The molecule has 3 aromatic heterocycles. The summed E-state index contributed by atoms with van der Waals surface area (Å²) in [5.41, 5.74) is 3.46. The number of hydrogen-bond acceptors (Lipinski definition) is 5. The van der Waals surface area contributed by atoms with Gasteiger partial charge in [0.15, 0.2) is 5.82 Å². The predicted molar refractivity (Wildman–Crippen MR) is 104 cm³/mol. The molecule has 3 rings (SSSR count). The lowest BCUT2D eigenvalue weighted by Crippen LogP contribution is -2.31. The molecule has 2 amide bonds. The molecule has 1 unspecified atom stereocenters. The van der Waals surface area contributed by atoms with Crippen molar-refractivity contribution >= 4 is 29.3 Å². The molecule has 27 heavy (non-hydrogen) atoms. The number of amides is 2. The number of fused-ring (bicyclic) bond motifs is 1. The van der Waals surface area contributed by atoms with Gasteiger partial charge in [-0.05, 0) is 48.7 Å². The van der Waals surface area contributed by atoms with Crippen molar-refractivity contribution in [2.75, 3.05) is 17.2 Å². The zero-order chi connectivity index (χ0) is 19.2. The van der Waals surface area contributed by atoms with E-state index in [-0.39, 0.29) is 18.5 Å². The molecule has 0 aliphatic heterocycles. The predicted octanol–water partition coefficient (Wildman–Crippen LogP) is 2.29. The van der Waals surface area contributed by atoms with Crippen LogP contribution in [0.25, 0.3) is 5.52 Å². The SMILES string of the molecule is CCC(NCC(=O)Nc1cc(C)cnc1NC=O)c1ccn2nccc2c1. The van der Waals surface area contributed by atoms with Crippen LogP contribution in [0.4, 0.5) is 11.5 Å². The maximum Gasteiger partial charge on any atom is 0.238 e. The van der Waals surface area contributed by atoms with Gasteiger partial charge in [0.05, 0.1) is 17.7 Å². The molecular formula is C19H22N6O2. The molecule has 0 aromatic carbocycles. The molecule has 0 saturated heterocycles. The van der Waals surface area contributed by atoms with Gasteiger partial charge in [-0.1, -0.05) is 6.92 Å². The number of pyridine rings is 2. The fourth-order valence-corrected chi connectivity index (χ4v) is 2.90. The van der Waals surface area contributed by atoms with Gasteiger partial charge in [0.25, 0.3) is 0 Å². The number of carbonyl (C=O) groups is 2. The molecule has 0 fully saturated rings. The third-order valence-electron chi connectivity index (χ3n) is 4.24. The van der Waals surface area contributed by atoms with Gasteiger partial charge in [-0.3, -0.25) is 9.59 Å². The molecule has 140 valence electrons. The van der Waals surface area contributed by atoms with Gasteiger partial charge in [-0.15, -0.1) is 0 Å². The molecule has 0 aliphatic carbocycles. The monoisotopic (exact) mass is 366 g/mol. The Labute approximate surface area is 157 Å². The van der Waals surface area contributed by atoms with Crippen molar-refractivity contribution in [3.05, 3.63) is 54.0 Å². The Bertz CT molecular complexity index is 952. The molecule has 8 heteroatoms. The fourth-order valence-electron chi connectivity index (χ4n) is 2.90. The Hall–Kier alpha value is -3.26. The van der Waals surface area contributed by atoms with E-state index < -0.39 is 0 Å². The third-order valence-corrected chi connectivity index (χ3v) is 4.24. The van der Waals surface area contributed by atoms with Gasteiger partial charge in [0, 0.05) is 24.6 Å². The van der Waals surface area contributed by atoms with Crippen LogP contribution in [0, 0.1) is 6.92 Å². The van der Waals surface area contributed by atoms with Gasteiger partial charge >= 0.3 is 0 Å². The lowest BCUT2D eigenvalue weighted by atomic mass is 10.1. The van der Waals surface area contributed by atoms with Crippen molar-refractivity contribution in [2.45, 2.75) is 26.3 Å². The topological polar surface area (TPSA) is 100 Å². The molecule has 3 heterocycles. The van der Waals surface area contributed by atoms with E-state index >= 15 is 0 Å². The molecule has 0 spiro atoms. The number of nitrogens with zero attached hydrogens (tertiary/aromatic N) is 3. The summed E-state index contributed by atoms with van der Waals surface area (Å²) in [7, 11) is 0. The first-order valence-corrected chi connectivity index (χ1v) is 8.74. The van der Waals surface area contributed by atoms with E-state index in [0.717, 1.165) is 23.1 Å². The Balaban J connectivity index is 1.65. The molecule has 1 atom stereocenters. The van der Waals surface area contributed by atoms with Crippen molar-refractivity contribution in [2.24, 2.45) is 0 Å². The first-order valence-electron chi connectivity index (χ1n) is 8.74. The number of hydrogen-bond donors (Lipinski definition) is 3. The average molecular weight is 366 g/mol. The number of anilines is 2. The van der Waals surface area contributed by atoms with E-state index in [0.29, 0.717) is 17.9 Å². The maximum atomic E-state index is 12.4. The summed E-state index contributed by atoms with van der Waals surface area (Å²) in [4.78, 5) is 27.2. The zero-order valence-corrected chi connectivity index (χ0v) is 15.3. The van der Waals surface area contributed by atoms with Gasteiger partial charge < -0.3 is 16.0 Å². The highest BCUT2D eigenvalue weighted by atomic mass is 16.2. The first kappa shape index (κ1) is 18.5. The van der Waals surface area contributed by atoms with Crippen molar-refractivity contribution in [3.8, 4) is 0 Å². The minimum Gasteiger partial charge on any atom is -0.322 e. The molecule has 0 aliphatic rings. The summed E-state index contributed by atoms with van der Waals surface area (Å²) < 4.78 is 1.80. The Morgan fingerprint density at radius 2 is 2.19 bits per heavy atom. The summed E-state index contributed by atoms with van der Waals surface area (Å²) in [6.07, 6.45) is 6.65. The molecule has 0 bridgehead atoms. The molecule has 3 aromatic rings. The van der Waals surface area contributed by atoms with E-state index in [4.69, 9.17) is 0 Å². The van der Waals surface area contributed by atoms with Crippen molar-refractivity contribution in [1.29, 1.82) is 0 Å². The minimum atomic E-state index is -0.208. The van der Waals surface area contributed by atoms with Crippen LogP contribution >= 0.6 is 0 Å². The smallest absolute Gasteiger partial charge is 0.238 e. The Morgan fingerprint density at radius 3 is 2.96 bits per heavy atom. The Kier molecular flexibility index (Phi) is 5.77.